The monoisotopic (exact) mass is 296 g/mol. The number of nitrogens with zero attached hydrogens (tertiary/aromatic N) is 1. The SMILES string of the molecule is CC(Cc1ccsc1)Nc1ncc(C(=O)O)cc1Cl. The topological polar surface area (TPSA) is 62.2 Å². The number of aromatic nitrogens is 1. The zero-order valence-electron chi connectivity index (χ0n) is 10.3. The van der Waals surface area contributed by atoms with E-state index < -0.39 is 5.97 Å². The van der Waals surface area contributed by atoms with Gasteiger partial charge in [-0.1, -0.05) is 11.6 Å². The molecule has 2 rings (SSSR count). The number of hydrogen-bond donors (Lipinski definition) is 2. The van der Waals surface area contributed by atoms with Crippen LogP contribution < -0.4 is 5.32 Å². The first-order valence-corrected chi connectivity index (χ1v) is 7.05. The Hall–Kier alpha value is -1.59. The maximum atomic E-state index is 10.8. The molecule has 0 amide bonds. The molecule has 0 aliphatic heterocycles. The van der Waals surface area contributed by atoms with E-state index in [4.69, 9.17) is 16.7 Å². The van der Waals surface area contributed by atoms with Gasteiger partial charge < -0.3 is 10.4 Å². The first kappa shape index (κ1) is 13.8. The summed E-state index contributed by atoms with van der Waals surface area (Å²) < 4.78 is 0. The van der Waals surface area contributed by atoms with Crippen LogP contribution in [-0.4, -0.2) is 22.1 Å². The van der Waals surface area contributed by atoms with Crippen molar-refractivity contribution in [2.24, 2.45) is 0 Å². The number of rotatable bonds is 5. The third-order valence-corrected chi connectivity index (χ3v) is 3.61. The zero-order chi connectivity index (χ0) is 13.8. The van der Waals surface area contributed by atoms with Crippen LogP contribution in [0.4, 0.5) is 5.82 Å². The fraction of sp³-hybridized carbons (Fsp3) is 0.231. The van der Waals surface area contributed by atoms with Crippen LogP contribution in [0.15, 0.2) is 29.1 Å². The largest absolute Gasteiger partial charge is 0.478 e. The number of halogens is 1. The molecule has 2 aromatic heterocycles. The van der Waals surface area contributed by atoms with Gasteiger partial charge >= 0.3 is 5.97 Å². The van der Waals surface area contributed by atoms with Gasteiger partial charge in [-0.25, -0.2) is 9.78 Å². The third-order valence-electron chi connectivity index (χ3n) is 2.59. The van der Waals surface area contributed by atoms with E-state index in [1.807, 2.05) is 12.3 Å². The number of thiophene rings is 1. The Morgan fingerprint density at radius 1 is 1.63 bits per heavy atom. The fourth-order valence-corrected chi connectivity index (χ4v) is 2.61. The average molecular weight is 297 g/mol. The lowest BCUT2D eigenvalue weighted by Crippen LogP contribution is -2.19. The summed E-state index contributed by atoms with van der Waals surface area (Å²) in [7, 11) is 0. The van der Waals surface area contributed by atoms with Gasteiger partial charge in [-0.2, -0.15) is 11.3 Å². The summed E-state index contributed by atoms with van der Waals surface area (Å²) in [6.45, 7) is 2.03. The molecule has 19 heavy (non-hydrogen) atoms. The van der Waals surface area contributed by atoms with Crippen LogP contribution in [0, 0.1) is 0 Å². The lowest BCUT2D eigenvalue weighted by Gasteiger charge is -2.15. The molecule has 1 unspecified atom stereocenters. The molecule has 0 aliphatic carbocycles. The highest BCUT2D eigenvalue weighted by atomic mass is 35.5. The van der Waals surface area contributed by atoms with E-state index in [0.29, 0.717) is 10.8 Å². The van der Waals surface area contributed by atoms with Gasteiger partial charge in [0.25, 0.3) is 0 Å². The minimum atomic E-state index is -1.03. The smallest absolute Gasteiger partial charge is 0.337 e. The van der Waals surface area contributed by atoms with E-state index in [1.165, 1.54) is 17.8 Å². The molecule has 0 aliphatic rings. The first-order chi connectivity index (χ1) is 9.06. The number of anilines is 1. The Labute approximate surface area is 120 Å². The molecule has 2 N–H and O–H groups in total. The fourth-order valence-electron chi connectivity index (χ4n) is 1.71. The lowest BCUT2D eigenvalue weighted by atomic mass is 10.1. The number of hydrogen-bond acceptors (Lipinski definition) is 4. The van der Waals surface area contributed by atoms with Crippen LogP contribution in [0.1, 0.15) is 22.8 Å². The Balaban J connectivity index is 2.04. The van der Waals surface area contributed by atoms with Crippen LogP contribution in [0.2, 0.25) is 5.02 Å². The number of carboxylic acids is 1. The first-order valence-electron chi connectivity index (χ1n) is 5.72. The van der Waals surface area contributed by atoms with Gasteiger partial charge in [-0.05, 0) is 41.8 Å². The second-order valence-electron chi connectivity index (χ2n) is 4.24. The van der Waals surface area contributed by atoms with Gasteiger partial charge in [-0.15, -0.1) is 0 Å². The van der Waals surface area contributed by atoms with Crippen molar-refractivity contribution in [1.29, 1.82) is 0 Å². The van der Waals surface area contributed by atoms with Crippen molar-refractivity contribution in [3.63, 3.8) is 0 Å². The Morgan fingerprint density at radius 2 is 2.42 bits per heavy atom. The van der Waals surface area contributed by atoms with Crippen molar-refractivity contribution in [2.45, 2.75) is 19.4 Å². The summed E-state index contributed by atoms with van der Waals surface area (Å²) in [5.74, 6) is -0.526. The molecule has 100 valence electrons. The Bertz CT molecular complexity index is 572. The van der Waals surface area contributed by atoms with Gasteiger partial charge in [0, 0.05) is 12.2 Å². The third kappa shape index (κ3) is 3.68. The predicted molar refractivity (Wildman–Crippen MR) is 77.3 cm³/mol. The average Bonchev–Trinajstić information content (AvgIpc) is 2.84. The van der Waals surface area contributed by atoms with Crippen LogP contribution in [0.5, 0.6) is 0 Å². The molecule has 0 saturated carbocycles. The zero-order valence-corrected chi connectivity index (χ0v) is 11.8. The molecule has 0 bridgehead atoms. The van der Waals surface area contributed by atoms with Gasteiger partial charge in [-0.3, -0.25) is 0 Å². The van der Waals surface area contributed by atoms with Crippen molar-refractivity contribution in [1.82, 2.24) is 4.98 Å². The lowest BCUT2D eigenvalue weighted by molar-refractivity contribution is 0.0696. The highest BCUT2D eigenvalue weighted by Gasteiger charge is 2.11. The molecule has 6 heteroatoms. The van der Waals surface area contributed by atoms with E-state index in [2.05, 4.69) is 21.7 Å². The number of aromatic carboxylic acids is 1. The minimum absolute atomic E-state index is 0.0843. The second kappa shape index (κ2) is 6.04. The standard InChI is InChI=1S/C13H13ClN2O2S/c1-8(4-9-2-3-19-7-9)16-12-11(14)5-10(6-15-12)13(17)18/h2-3,5-8H,4H2,1H3,(H,15,16)(H,17,18). The van der Waals surface area contributed by atoms with Crippen LogP contribution in [0.25, 0.3) is 0 Å². The van der Waals surface area contributed by atoms with Crippen LogP contribution in [-0.2, 0) is 6.42 Å². The van der Waals surface area contributed by atoms with Crippen LogP contribution >= 0.6 is 22.9 Å². The van der Waals surface area contributed by atoms with Crippen molar-refractivity contribution >= 4 is 34.7 Å². The molecule has 0 radical (unpaired) electrons. The quantitative estimate of drug-likeness (QED) is 0.886. The number of carboxylic acid groups (broad SMARTS) is 1. The molecule has 0 spiro atoms. The molecular formula is C13H13ClN2O2S. The summed E-state index contributed by atoms with van der Waals surface area (Å²) in [5.41, 5.74) is 1.34. The van der Waals surface area contributed by atoms with E-state index >= 15 is 0 Å². The van der Waals surface area contributed by atoms with Crippen molar-refractivity contribution in [3.8, 4) is 0 Å². The predicted octanol–water partition coefficient (Wildman–Crippen LogP) is 3.54. The summed E-state index contributed by atoms with van der Waals surface area (Å²) in [6.07, 6.45) is 2.16. The molecule has 2 aromatic rings. The molecule has 0 fully saturated rings. The Morgan fingerprint density at radius 3 is 3.00 bits per heavy atom. The summed E-state index contributed by atoms with van der Waals surface area (Å²) >= 11 is 7.67. The van der Waals surface area contributed by atoms with E-state index in [1.54, 1.807) is 11.3 Å². The van der Waals surface area contributed by atoms with Crippen molar-refractivity contribution in [2.75, 3.05) is 5.32 Å². The normalized spacial score (nSPS) is 12.1. The second-order valence-corrected chi connectivity index (χ2v) is 5.43. The number of carbonyl (C=O) groups is 1. The molecule has 2 heterocycles. The highest BCUT2D eigenvalue weighted by Crippen LogP contribution is 2.21. The van der Waals surface area contributed by atoms with Crippen molar-refractivity contribution < 1.29 is 9.90 Å². The molecular weight excluding hydrogens is 284 g/mol. The number of nitrogens with one attached hydrogen (secondary N) is 1. The maximum Gasteiger partial charge on any atom is 0.337 e. The maximum absolute atomic E-state index is 10.8. The summed E-state index contributed by atoms with van der Waals surface area (Å²) in [5, 5.41) is 16.5. The van der Waals surface area contributed by atoms with Gasteiger partial charge in [0.1, 0.15) is 5.82 Å². The number of pyridine rings is 1. The van der Waals surface area contributed by atoms with Crippen LogP contribution in [0.3, 0.4) is 0 Å². The molecule has 1 atom stereocenters. The Kier molecular flexibility index (Phi) is 4.39. The van der Waals surface area contributed by atoms with E-state index in [-0.39, 0.29) is 11.6 Å². The summed E-state index contributed by atoms with van der Waals surface area (Å²) in [4.78, 5) is 14.8. The highest BCUT2D eigenvalue weighted by molar-refractivity contribution is 7.07. The molecule has 4 nitrogen and oxygen atoms in total. The molecule has 0 saturated heterocycles. The minimum Gasteiger partial charge on any atom is -0.478 e. The van der Waals surface area contributed by atoms with E-state index in [9.17, 15) is 4.79 Å². The molecule has 0 aromatic carbocycles. The van der Waals surface area contributed by atoms with Gasteiger partial charge in [0.05, 0.1) is 10.6 Å². The van der Waals surface area contributed by atoms with Gasteiger partial charge in [0.15, 0.2) is 0 Å². The van der Waals surface area contributed by atoms with Crippen molar-refractivity contribution in [3.05, 3.63) is 45.2 Å². The summed E-state index contributed by atoms with van der Waals surface area (Å²) in [6, 6.07) is 3.64. The van der Waals surface area contributed by atoms with Gasteiger partial charge in [0.2, 0.25) is 0 Å². The van der Waals surface area contributed by atoms with E-state index in [0.717, 1.165) is 6.42 Å².